The lowest BCUT2D eigenvalue weighted by Gasteiger charge is -2.43. The summed E-state index contributed by atoms with van der Waals surface area (Å²) in [4.78, 5) is 16.4. The SMILES string of the molecule is CO[C@@H]1[C@@H](NC(=O)Cc2cccs2)c2ccccc2C12CCN(CC#Cc1ccccc1)CC2. The standard InChI is InChI=1S/C29H30N2O2S/c1-33-28-27(30-26(32)21-23-12-8-20-34-23)24-13-5-6-14-25(24)29(28)15-18-31(19-16-29)17-7-11-22-9-3-2-4-10-22/h2-6,8-10,12-14,20,27-28H,15-19,21H2,1H3,(H,30,32)/t27-,28+/m0/s1. The molecule has 1 amide bonds. The third-order valence-corrected chi connectivity index (χ3v) is 8.10. The first-order valence-corrected chi connectivity index (χ1v) is 12.8. The zero-order chi connectivity index (χ0) is 23.4. The van der Waals surface area contributed by atoms with Gasteiger partial charge in [-0.05, 0) is 47.5 Å². The van der Waals surface area contributed by atoms with Gasteiger partial charge in [0.05, 0.1) is 25.1 Å². The van der Waals surface area contributed by atoms with Crippen molar-refractivity contribution >= 4 is 17.2 Å². The van der Waals surface area contributed by atoms with Gasteiger partial charge in [0.2, 0.25) is 5.91 Å². The van der Waals surface area contributed by atoms with Crippen LogP contribution in [0.25, 0.3) is 0 Å². The molecule has 2 aliphatic rings. The fraction of sp³-hybridized carbons (Fsp3) is 0.345. The van der Waals surface area contributed by atoms with Gasteiger partial charge in [-0.2, -0.15) is 0 Å². The van der Waals surface area contributed by atoms with Crippen LogP contribution < -0.4 is 5.32 Å². The molecule has 5 heteroatoms. The molecule has 1 N–H and O–H groups in total. The second-order valence-electron chi connectivity index (χ2n) is 9.14. The van der Waals surface area contributed by atoms with Crippen molar-refractivity contribution in [2.24, 2.45) is 0 Å². The lowest BCUT2D eigenvalue weighted by molar-refractivity contribution is -0.122. The summed E-state index contributed by atoms with van der Waals surface area (Å²) in [5, 5.41) is 5.33. The Morgan fingerprint density at radius 2 is 1.85 bits per heavy atom. The summed E-state index contributed by atoms with van der Waals surface area (Å²) in [5.41, 5.74) is 3.50. The molecule has 174 valence electrons. The van der Waals surface area contributed by atoms with Gasteiger partial charge in [0.1, 0.15) is 0 Å². The molecule has 2 heterocycles. The molecular formula is C29H30N2O2S. The van der Waals surface area contributed by atoms with E-state index in [0.717, 1.165) is 42.9 Å². The summed E-state index contributed by atoms with van der Waals surface area (Å²) >= 11 is 1.62. The molecule has 0 radical (unpaired) electrons. The molecule has 3 aromatic rings. The predicted molar refractivity (Wildman–Crippen MR) is 137 cm³/mol. The van der Waals surface area contributed by atoms with Gasteiger partial charge < -0.3 is 10.1 Å². The van der Waals surface area contributed by atoms with E-state index in [1.165, 1.54) is 11.1 Å². The van der Waals surface area contributed by atoms with Gasteiger partial charge in [0, 0.05) is 36.1 Å². The molecule has 2 aromatic carbocycles. The zero-order valence-corrected chi connectivity index (χ0v) is 20.3. The number of methoxy groups -OCH3 is 1. The van der Waals surface area contributed by atoms with Crippen LogP contribution in [0.5, 0.6) is 0 Å². The molecular weight excluding hydrogens is 440 g/mol. The Bertz CT molecular complexity index is 1170. The summed E-state index contributed by atoms with van der Waals surface area (Å²) in [5.74, 6) is 6.66. The summed E-state index contributed by atoms with van der Waals surface area (Å²) in [6.45, 7) is 2.70. The highest BCUT2D eigenvalue weighted by Gasteiger charge is 2.53. The van der Waals surface area contributed by atoms with Crippen molar-refractivity contribution in [2.75, 3.05) is 26.7 Å². The van der Waals surface area contributed by atoms with Gasteiger partial charge in [-0.3, -0.25) is 9.69 Å². The summed E-state index contributed by atoms with van der Waals surface area (Å²) in [6.07, 6.45) is 2.32. The Kier molecular flexibility index (Phi) is 6.82. The van der Waals surface area contributed by atoms with Crippen LogP contribution in [-0.4, -0.2) is 43.7 Å². The quantitative estimate of drug-likeness (QED) is 0.556. The second-order valence-corrected chi connectivity index (χ2v) is 10.2. The Labute approximate surface area is 206 Å². The Morgan fingerprint density at radius 1 is 1.09 bits per heavy atom. The highest BCUT2D eigenvalue weighted by molar-refractivity contribution is 7.10. The first-order valence-electron chi connectivity index (χ1n) is 11.9. The minimum Gasteiger partial charge on any atom is -0.378 e. The second kappa shape index (κ2) is 10.1. The smallest absolute Gasteiger partial charge is 0.225 e. The van der Waals surface area contributed by atoms with Gasteiger partial charge in [0.25, 0.3) is 0 Å². The fourth-order valence-corrected chi connectivity index (χ4v) is 6.31. The van der Waals surface area contributed by atoms with Crippen molar-refractivity contribution in [1.29, 1.82) is 0 Å². The van der Waals surface area contributed by atoms with Crippen LogP contribution in [0.15, 0.2) is 72.1 Å². The summed E-state index contributed by atoms with van der Waals surface area (Å²) in [7, 11) is 1.79. The van der Waals surface area contributed by atoms with Crippen molar-refractivity contribution in [3.8, 4) is 11.8 Å². The number of hydrogen-bond acceptors (Lipinski definition) is 4. The topological polar surface area (TPSA) is 41.6 Å². The highest BCUT2D eigenvalue weighted by atomic mass is 32.1. The van der Waals surface area contributed by atoms with Crippen LogP contribution in [0.4, 0.5) is 0 Å². The number of fused-ring (bicyclic) bond motifs is 2. The minimum absolute atomic E-state index is 0.0509. The number of hydrogen-bond donors (Lipinski definition) is 1. The minimum atomic E-state index is -0.127. The maximum absolute atomic E-state index is 12.9. The van der Waals surface area contributed by atoms with E-state index in [-0.39, 0.29) is 23.5 Å². The zero-order valence-electron chi connectivity index (χ0n) is 19.5. The number of nitrogens with one attached hydrogen (secondary N) is 1. The van der Waals surface area contributed by atoms with Crippen LogP contribution in [0, 0.1) is 11.8 Å². The lowest BCUT2D eigenvalue weighted by Crippen LogP contribution is -2.50. The third kappa shape index (κ3) is 4.54. The fourth-order valence-electron chi connectivity index (χ4n) is 5.61. The normalized spacial score (nSPS) is 21.0. The summed E-state index contributed by atoms with van der Waals surface area (Å²) in [6, 6.07) is 22.6. The molecule has 2 atom stereocenters. The molecule has 1 saturated heterocycles. The average Bonchev–Trinajstić information content (AvgIpc) is 3.46. The number of piperidine rings is 1. The molecule has 0 saturated carbocycles. The largest absolute Gasteiger partial charge is 0.378 e. The number of carbonyl (C=O) groups excluding carboxylic acids is 1. The van der Waals surface area contributed by atoms with Crippen molar-refractivity contribution in [1.82, 2.24) is 10.2 Å². The molecule has 1 aliphatic carbocycles. The Hall–Kier alpha value is -2.91. The highest BCUT2D eigenvalue weighted by Crippen LogP contribution is 2.52. The monoisotopic (exact) mass is 470 g/mol. The Morgan fingerprint density at radius 3 is 2.59 bits per heavy atom. The van der Waals surface area contributed by atoms with Crippen molar-refractivity contribution in [3.05, 3.63) is 93.7 Å². The molecule has 0 bridgehead atoms. The van der Waals surface area contributed by atoms with E-state index in [1.807, 2.05) is 47.8 Å². The van der Waals surface area contributed by atoms with Crippen LogP contribution in [0.1, 0.15) is 40.5 Å². The number of thiophene rings is 1. The molecule has 0 unspecified atom stereocenters. The van der Waals surface area contributed by atoms with Gasteiger partial charge >= 0.3 is 0 Å². The van der Waals surface area contributed by atoms with E-state index in [2.05, 4.69) is 46.3 Å². The lowest BCUT2D eigenvalue weighted by atomic mass is 9.72. The number of carbonyl (C=O) groups is 1. The van der Waals surface area contributed by atoms with E-state index in [1.54, 1.807) is 18.4 Å². The molecule has 1 aliphatic heterocycles. The molecule has 5 rings (SSSR count). The van der Waals surface area contributed by atoms with Gasteiger partial charge in [-0.15, -0.1) is 11.3 Å². The van der Waals surface area contributed by atoms with Crippen LogP contribution in [-0.2, 0) is 21.4 Å². The number of amides is 1. The van der Waals surface area contributed by atoms with E-state index >= 15 is 0 Å². The van der Waals surface area contributed by atoms with E-state index in [9.17, 15) is 4.79 Å². The van der Waals surface area contributed by atoms with Gasteiger partial charge in [-0.1, -0.05) is 60.4 Å². The van der Waals surface area contributed by atoms with Crippen molar-refractivity contribution in [2.45, 2.75) is 36.8 Å². The molecule has 1 spiro atoms. The number of ether oxygens (including phenoxy) is 1. The number of likely N-dealkylation sites (tertiary alicyclic amines) is 1. The van der Waals surface area contributed by atoms with Crippen LogP contribution in [0.2, 0.25) is 0 Å². The maximum atomic E-state index is 12.9. The van der Waals surface area contributed by atoms with Gasteiger partial charge in [0.15, 0.2) is 0 Å². The average molecular weight is 471 g/mol. The molecule has 1 fully saturated rings. The van der Waals surface area contributed by atoms with Crippen LogP contribution in [0.3, 0.4) is 0 Å². The maximum Gasteiger partial charge on any atom is 0.225 e. The molecule has 4 nitrogen and oxygen atoms in total. The predicted octanol–water partition coefficient (Wildman–Crippen LogP) is 4.56. The van der Waals surface area contributed by atoms with Crippen molar-refractivity contribution < 1.29 is 9.53 Å². The first-order chi connectivity index (χ1) is 16.7. The van der Waals surface area contributed by atoms with E-state index < -0.39 is 0 Å². The number of nitrogens with zero attached hydrogens (tertiary/aromatic N) is 1. The number of rotatable bonds is 5. The number of benzene rings is 2. The van der Waals surface area contributed by atoms with Gasteiger partial charge in [-0.25, -0.2) is 0 Å². The molecule has 34 heavy (non-hydrogen) atoms. The van der Waals surface area contributed by atoms with E-state index in [4.69, 9.17) is 4.74 Å². The van der Waals surface area contributed by atoms with Crippen LogP contribution >= 0.6 is 11.3 Å². The molecule has 1 aromatic heterocycles. The third-order valence-electron chi connectivity index (χ3n) is 7.22. The van der Waals surface area contributed by atoms with E-state index in [0.29, 0.717) is 6.42 Å². The Balaban J connectivity index is 1.30. The summed E-state index contributed by atoms with van der Waals surface area (Å²) < 4.78 is 6.15. The first kappa shape index (κ1) is 22.9. The van der Waals surface area contributed by atoms with Crippen molar-refractivity contribution in [3.63, 3.8) is 0 Å².